The van der Waals surface area contributed by atoms with Gasteiger partial charge in [-0.15, -0.1) is 0 Å². The predicted octanol–water partition coefficient (Wildman–Crippen LogP) is 5.15. The molecule has 0 radical (unpaired) electrons. The number of phenols is 1. The normalized spacial score (nSPS) is 14.3. The van der Waals surface area contributed by atoms with E-state index in [1.807, 2.05) is 22.8 Å². The number of rotatable bonds is 6. The Kier molecular flexibility index (Phi) is 5.64. The number of aromatic hydroxyl groups is 1. The summed E-state index contributed by atoms with van der Waals surface area (Å²) < 4.78 is 8.49. The summed E-state index contributed by atoms with van der Waals surface area (Å²) >= 11 is 2.14. The number of phenolic OH excluding ortho intramolecular Hbond substituents is 1. The van der Waals surface area contributed by atoms with E-state index in [1.54, 1.807) is 6.07 Å². The summed E-state index contributed by atoms with van der Waals surface area (Å²) in [6.07, 6.45) is 1.74. The van der Waals surface area contributed by atoms with Gasteiger partial charge in [0.1, 0.15) is 12.4 Å². The van der Waals surface area contributed by atoms with Crippen LogP contribution in [0.2, 0.25) is 0 Å². The summed E-state index contributed by atoms with van der Waals surface area (Å²) in [4.78, 5) is 13.9. The zero-order valence-electron chi connectivity index (χ0n) is 18.9. The lowest BCUT2D eigenvalue weighted by molar-refractivity contribution is 0.268. The number of anilines is 1. The second kappa shape index (κ2) is 8.48. The Labute approximate surface area is 206 Å². The molecule has 8 heteroatoms. The van der Waals surface area contributed by atoms with Gasteiger partial charge in [-0.3, -0.25) is 4.57 Å². The minimum Gasteiger partial charge on any atom is -0.507 e. The van der Waals surface area contributed by atoms with Gasteiger partial charge >= 0.3 is 0 Å². The third kappa shape index (κ3) is 4.12. The largest absolute Gasteiger partial charge is 0.507 e. The van der Waals surface area contributed by atoms with E-state index < -0.39 is 0 Å². The first-order valence-corrected chi connectivity index (χ1v) is 12.2. The lowest BCUT2D eigenvalue weighted by Gasteiger charge is -2.18. The van der Waals surface area contributed by atoms with E-state index in [9.17, 15) is 5.11 Å². The number of aromatic nitrogens is 4. The molecule has 0 unspecified atom stereocenters. The Bertz CT molecular complexity index is 1350. The Morgan fingerprint density at radius 1 is 1.12 bits per heavy atom. The second-order valence-electron chi connectivity index (χ2n) is 8.93. The molecule has 2 aromatic carbocycles. The Balaban J connectivity index is 1.37. The first-order chi connectivity index (χ1) is 15.9. The lowest BCUT2D eigenvalue weighted by atomic mass is 9.98. The van der Waals surface area contributed by atoms with Crippen LogP contribution in [-0.2, 0) is 18.4 Å². The van der Waals surface area contributed by atoms with E-state index in [-0.39, 0.29) is 5.54 Å². The van der Waals surface area contributed by atoms with Gasteiger partial charge in [0.05, 0.1) is 5.54 Å². The molecule has 1 aliphatic heterocycles. The van der Waals surface area contributed by atoms with E-state index in [0.717, 1.165) is 40.7 Å². The lowest BCUT2D eigenvalue weighted by Crippen LogP contribution is -2.26. The molecule has 0 saturated carbocycles. The van der Waals surface area contributed by atoms with Gasteiger partial charge in [0, 0.05) is 34.7 Å². The van der Waals surface area contributed by atoms with Crippen LogP contribution >= 0.6 is 22.6 Å². The molecule has 3 heterocycles. The topological polar surface area (TPSA) is 85.1 Å². The first-order valence-electron chi connectivity index (χ1n) is 11.1. The van der Waals surface area contributed by atoms with Crippen molar-refractivity contribution in [2.75, 3.05) is 18.5 Å². The van der Waals surface area contributed by atoms with Gasteiger partial charge in [0.25, 0.3) is 6.01 Å². The average Bonchev–Trinajstić information content (AvgIpc) is 3.32. The van der Waals surface area contributed by atoms with E-state index in [0.29, 0.717) is 34.6 Å². The van der Waals surface area contributed by atoms with Crippen molar-refractivity contribution in [1.29, 1.82) is 0 Å². The predicted molar refractivity (Wildman–Crippen MR) is 138 cm³/mol. The van der Waals surface area contributed by atoms with Gasteiger partial charge in [-0.2, -0.15) is 4.98 Å². The quantitative estimate of drug-likeness (QED) is 0.253. The highest BCUT2D eigenvalue weighted by Gasteiger charge is 2.36. The van der Waals surface area contributed by atoms with Crippen LogP contribution in [0.3, 0.4) is 0 Å². The molecule has 7 nitrogen and oxygen atoms in total. The zero-order chi connectivity index (χ0) is 23.2. The van der Waals surface area contributed by atoms with Crippen molar-refractivity contribution in [3.63, 3.8) is 0 Å². The summed E-state index contributed by atoms with van der Waals surface area (Å²) in [7, 11) is 0. The molecular formula is C25H26IN5O2. The van der Waals surface area contributed by atoms with Gasteiger partial charge in [-0.1, -0.05) is 37.3 Å². The van der Waals surface area contributed by atoms with Crippen molar-refractivity contribution >= 4 is 39.6 Å². The molecule has 1 aliphatic rings. The summed E-state index contributed by atoms with van der Waals surface area (Å²) in [5.74, 6) is 1.00. The smallest absolute Gasteiger partial charge is 0.299 e. The zero-order valence-corrected chi connectivity index (χ0v) is 21.0. The average molecular weight is 555 g/mol. The van der Waals surface area contributed by atoms with Crippen molar-refractivity contribution in [3.05, 3.63) is 57.4 Å². The Morgan fingerprint density at radius 2 is 1.97 bits per heavy atom. The number of benzene rings is 2. The van der Waals surface area contributed by atoms with Crippen molar-refractivity contribution in [1.82, 2.24) is 19.5 Å². The number of hydrogen-bond donors (Lipinski definition) is 2. The minimum atomic E-state index is -0.198. The fraction of sp³-hybridized carbons (Fsp3) is 0.320. The van der Waals surface area contributed by atoms with Crippen LogP contribution in [0.25, 0.3) is 22.3 Å². The molecule has 4 aromatic rings. The maximum absolute atomic E-state index is 10.4. The molecule has 5 rings (SSSR count). The first kappa shape index (κ1) is 21.9. The third-order valence-corrected chi connectivity index (χ3v) is 6.50. The number of fused-ring (bicyclic) bond motifs is 3. The highest BCUT2D eigenvalue weighted by atomic mass is 127. The van der Waals surface area contributed by atoms with Crippen molar-refractivity contribution in [2.45, 2.75) is 39.2 Å². The molecule has 2 aromatic heterocycles. The number of imidazole rings is 1. The standard InChI is InChI=1S/C25H26IN5O2/c1-4-15-6-5-7-17(12-15)18-13-16(8-9-19(18)32)10-11-27-21-20-22(30-23(26)29-21)31-24(28-20)33-14-25(31,2)3/h5-9,12-13,32H,4,10-11,14H2,1-3H3,(H,27,29,30). The second-order valence-corrected chi connectivity index (χ2v) is 9.89. The molecule has 0 atom stereocenters. The number of nitrogens with zero attached hydrogens (tertiary/aromatic N) is 4. The molecular weight excluding hydrogens is 529 g/mol. The number of halogens is 1. The third-order valence-electron chi connectivity index (χ3n) is 6.02. The fourth-order valence-electron chi connectivity index (χ4n) is 4.24. The van der Waals surface area contributed by atoms with Crippen molar-refractivity contribution in [2.24, 2.45) is 0 Å². The van der Waals surface area contributed by atoms with Crippen molar-refractivity contribution < 1.29 is 9.84 Å². The minimum absolute atomic E-state index is 0.198. The number of nitrogens with one attached hydrogen (secondary N) is 1. The molecule has 33 heavy (non-hydrogen) atoms. The van der Waals surface area contributed by atoms with E-state index in [2.05, 4.69) is 81.8 Å². The van der Waals surface area contributed by atoms with E-state index >= 15 is 0 Å². The summed E-state index contributed by atoms with van der Waals surface area (Å²) in [5, 5.41) is 13.9. The Morgan fingerprint density at radius 3 is 2.79 bits per heavy atom. The van der Waals surface area contributed by atoms with Crippen LogP contribution in [0.15, 0.2) is 42.5 Å². The molecule has 0 fully saturated rings. The fourth-order valence-corrected chi connectivity index (χ4v) is 4.71. The van der Waals surface area contributed by atoms with Gasteiger partial charge in [-0.05, 0) is 55.5 Å². The maximum Gasteiger partial charge on any atom is 0.299 e. The van der Waals surface area contributed by atoms with Crippen molar-refractivity contribution in [3.8, 4) is 22.9 Å². The molecule has 0 aliphatic carbocycles. The molecule has 170 valence electrons. The maximum atomic E-state index is 10.4. The highest BCUT2D eigenvalue weighted by Crippen LogP contribution is 2.36. The van der Waals surface area contributed by atoms with Gasteiger partial charge in [-0.25, -0.2) is 9.97 Å². The van der Waals surface area contributed by atoms with Crippen LogP contribution in [-0.4, -0.2) is 37.8 Å². The highest BCUT2D eigenvalue weighted by molar-refractivity contribution is 14.1. The number of hydrogen-bond acceptors (Lipinski definition) is 6. The van der Waals surface area contributed by atoms with Crippen LogP contribution in [0.1, 0.15) is 31.9 Å². The molecule has 0 spiro atoms. The van der Waals surface area contributed by atoms with Gasteiger partial charge in [0.2, 0.25) is 0 Å². The summed E-state index contributed by atoms with van der Waals surface area (Å²) in [6, 6.07) is 14.7. The van der Waals surface area contributed by atoms with Crippen LogP contribution in [0.5, 0.6) is 11.8 Å². The summed E-state index contributed by atoms with van der Waals surface area (Å²) in [6.45, 7) is 7.62. The number of aryl methyl sites for hydroxylation is 1. The van der Waals surface area contributed by atoms with E-state index in [4.69, 9.17) is 4.74 Å². The van der Waals surface area contributed by atoms with Gasteiger partial charge in [0.15, 0.2) is 20.8 Å². The van der Waals surface area contributed by atoms with E-state index in [1.165, 1.54) is 5.56 Å². The molecule has 0 bridgehead atoms. The van der Waals surface area contributed by atoms with Gasteiger partial charge < -0.3 is 15.2 Å². The molecule has 0 amide bonds. The van der Waals surface area contributed by atoms with Crippen LogP contribution in [0, 0.1) is 3.83 Å². The summed E-state index contributed by atoms with van der Waals surface area (Å²) in [5.41, 5.74) is 5.58. The SMILES string of the molecule is CCc1cccc(-c2cc(CCNc3nc(I)nc4c3nc3n4C(C)(C)CO3)ccc2O)c1. The molecule has 2 N–H and O–H groups in total. The Hall–Kier alpha value is -2.88. The number of ether oxygens (including phenoxy) is 1. The van der Waals surface area contributed by atoms with Crippen LogP contribution < -0.4 is 10.1 Å². The molecule has 0 saturated heterocycles. The monoisotopic (exact) mass is 555 g/mol. The van der Waals surface area contributed by atoms with Crippen LogP contribution in [0.4, 0.5) is 5.82 Å².